The largest absolute Gasteiger partial charge is 0.393 e. The molecule has 100 valence electrons. The third kappa shape index (κ3) is 2.88. The molecule has 1 aromatic rings. The van der Waals surface area contributed by atoms with Gasteiger partial charge in [-0.1, -0.05) is 20.8 Å². The fourth-order valence-corrected chi connectivity index (χ4v) is 1.85. The number of hydrogen-bond donors (Lipinski definition) is 4. The molecule has 1 fully saturated rings. The van der Waals surface area contributed by atoms with Crippen LogP contribution < -0.4 is 16.6 Å². The van der Waals surface area contributed by atoms with Gasteiger partial charge in [0.1, 0.15) is 17.5 Å². The maximum Gasteiger partial charge on any atom is 0.145 e. The second-order valence-corrected chi connectivity index (χ2v) is 5.82. The van der Waals surface area contributed by atoms with Gasteiger partial charge in [-0.25, -0.2) is 15.8 Å². The SMILES string of the molecule is CC(C)(C)c1nc(NN)cc(NC2CC(O)C2)n1. The zero-order chi connectivity index (χ0) is 13.3. The maximum atomic E-state index is 9.28. The molecule has 0 amide bonds. The summed E-state index contributed by atoms with van der Waals surface area (Å²) < 4.78 is 0. The monoisotopic (exact) mass is 251 g/mol. The minimum atomic E-state index is -0.182. The molecule has 0 unspecified atom stereocenters. The molecule has 2 rings (SSSR count). The summed E-state index contributed by atoms with van der Waals surface area (Å²) >= 11 is 0. The average Bonchev–Trinajstić information content (AvgIpc) is 2.25. The summed E-state index contributed by atoms with van der Waals surface area (Å²) in [6, 6.07) is 2.06. The Balaban J connectivity index is 2.18. The van der Waals surface area contributed by atoms with Crippen LogP contribution in [0.25, 0.3) is 0 Å². The minimum absolute atomic E-state index is 0.136. The zero-order valence-electron chi connectivity index (χ0n) is 11.1. The lowest BCUT2D eigenvalue weighted by Crippen LogP contribution is -2.39. The number of aliphatic hydroxyl groups excluding tert-OH is 1. The summed E-state index contributed by atoms with van der Waals surface area (Å²) in [4.78, 5) is 8.85. The topological polar surface area (TPSA) is 96.1 Å². The van der Waals surface area contributed by atoms with E-state index in [2.05, 4.69) is 41.5 Å². The molecule has 5 N–H and O–H groups in total. The van der Waals surface area contributed by atoms with Crippen molar-refractivity contribution in [2.45, 2.75) is 51.2 Å². The number of nitrogens with two attached hydrogens (primary N) is 1. The van der Waals surface area contributed by atoms with E-state index < -0.39 is 0 Å². The van der Waals surface area contributed by atoms with E-state index in [0.29, 0.717) is 5.82 Å². The highest BCUT2D eigenvalue weighted by molar-refractivity contribution is 5.48. The number of aliphatic hydroxyl groups is 1. The Morgan fingerprint density at radius 3 is 2.39 bits per heavy atom. The molecule has 6 nitrogen and oxygen atoms in total. The van der Waals surface area contributed by atoms with Crippen LogP contribution in [0, 0.1) is 0 Å². The first-order valence-electron chi connectivity index (χ1n) is 6.19. The third-order valence-electron chi connectivity index (χ3n) is 3.01. The molecule has 0 atom stereocenters. The Labute approximate surface area is 107 Å². The minimum Gasteiger partial charge on any atom is -0.393 e. The molecule has 1 aliphatic carbocycles. The first-order valence-corrected chi connectivity index (χ1v) is 6.19. The predicted molar refractivity (Wildman–Crippen MR) is 71.2 cm³/mol. The van der Waals surface area contributed by atoms with Crippen molar-refractivity contribution in [3.8, 4) is 0 Å². The van der Waals surface area contributed by atoms with Gasteiger partial charge in [-0.05, 0) is 12.8 Å². The molecule has 0 bridgehead atoms. The van der Waals surface area contributed by atoms with Crippen molar-refractivity contribution in [2.75, 3.05) is 10.7 Å². The van der Waals surface area contributed by atoms with E-state index in [-0.39, 0.29) is 17.6 Å². The predicted octanol–water partition coefficient (Wildman–Crippen LogP) is 0.995. The van der Waals surface area contributed by atoms with Crippen molar-refractivity contribution >= 4 is 11.6 Å². The molecule has 0 aliphatic heterocycles. The fraction of sp³-hybridized carbons (Fsp3) is 0.667. The average molecular weight is 251 g/mol. The normalized spacial score (nSPS) is 23.4. The van der Waals surface area contributed by atoms with Crippen LogP contribution in [0.4, 0.5) is 11.6 Å². The summed E-state index contributed by atoms with van der Waals surface area (Å²) in [5, 5.41) is 12.6. The van der Waals surface area contributed by atoms with Gasteiger partial charge in [0, 0.05) is 17.5 Å². The third-order valence-corrected chi connectivity index (χ3v) is 3.01. The highest BCUT2D eigenvalue weighted by Crippen LogP contribution is 2.26. The zero-order valence-corrected chi connectivity index (χ0v) is 11.1. The van der Waals surface area contributed by atoms with Crippen LogP contribution in [0.3, 0.4) is 0 Å². The lowest BCUT2D eigenvalue weighted by Gasteiger charge is -2.32. The van der Waals surface area contributed by atoms with Gasteiger partial charge in [-0.3, -0.25) is 0 Å². The van der Waals surface area contributed by atoms with Crippen molar-refractivity contribution in [3.63, 3.8) is 0 Å². The van der Waals surface area contributed by atoms with E-state index >= 15 is 0 Å². The molecule has 0 spiro atoms. The van der Waals surface area contributed by atoms with Crippen LogP contribution in [-0.4, -0.2) is 27.2 Å². The second kappa shape index (κ2) is 4.70. The Morgan fingerprint density at radius 1 is 1.28 bits per heavy atom. The molecule has 0 saturated heterocycles. The first-order chi connectivity index (χ1) is 8.38. The van der Waals surface area contributed by atoms with Crippen LogP contribution in [0.5, 0.6) is 0 Å². The van der Waals surface area contributed by atoms with E-state index in [0.717, 1.165) is 24.5 Å². The molecule has 0 radical (unpaired) electrons. The number of nitrogen functional groups attached to an aromatic ring is 1. The number of hydrogen-bond acceptors (Lipinski definition) is 6. The fourth-order valence-electron chi connectivity index (χ4n) is 1.85. The van der Waals surface area contributed by atoms with Gasteiger partial charge in [0.05, 0.1) is 6.10 Å². The molecule has 1 heterocycles. The van der Waals surface area contributed by atoms with Crippen LogP contribution in [0.2, 0.25) is 0 Å². The van der Waals surface area contributed by atoms with Gasteiger partial charge in [0.25, 0.3) is 0 Å². The summed E-state index contributed by atoms with van der Waals surface area (Å²) in [7, 11) is 0. The first kappa shape index (κ1) is 13.0. The summed E-state index contributed by atoms with van der Waals surface area (Å²) in [6.45, 7) is 6.17. The maximum absolute atomic E-state index is 9.28. The van der Waals surface area contributed by atoms with Crippen LogP contribution in [-0.2, 0) is 5.41 Å². The number of hydrazine groups is 1. The van der Waals surface area contributed by atoms with Gasteiger partial charge in [-0.15, -0.1) is 0 Å². The van der Waals surface area contributed by atoms with Gasteiger partial charge in [-0.2, -0.15) is 0 Å². The number of rotatable bonds is 3. The van der Waals surface area contributed by atoms with Gasteiger partial charge in [0.15, 0.2) is 0 Å². The highest BCUT2D eigenvalue weighted by atomic mass is 16.3. The summed E-state index contributed by atoms with van der Waals surface area (Å²) in [6.07, 6.45) is 1.35. The van der Waals surface area contributed by atoms with Gasteiger partial charge in [0.2, 0.25) is 0 Å². The van der Waals surface area contributed by atoms with Crippen molar-refractivity contribution < 1.29 is 5.11 Å². The second-order valence-electron chi connectivity index (χ2n) is 5.82. The Hall–Kier alpha value is -1.40. The standard InChI is InChI=1S/C12H21N5O/c1-12(2,3)11-15-9(6-10(16-11)17-13)14-7-4-8(18)5-7/h6-8,18H,4-5,13H2,1-3H3,(H2,14,15,16,17). The number of aromatic nitrogens is 2. The Morgan fingerprint density at radius 2 is 1.89 bits per heavy atom. The molecule has 6 heteroatoms. The van der Waals surface area contributed by atoms with Gasteiger partial charge < -0.3 is 15.8 Å². The highest BCUT2D eigenvalue weighted by Gasteiger charge is 2.28. The van der Waals surface area contributed by atoms with Gasteiger partial charge >= 0.3 is 0 Å². The molecule has 0 aromatic carbocycles. The van der Waals surface area contributed by atoms with Crippen LogP contribution in [0.1, 0.15) is 39.4 Å². The molecular weight excluding hydrogens is 230 g/mol. The molecule has 18 heavy (non-hydrogen) atoms. The Bertz CT molecular complexity index is 423. The van der Waals surface area contributed by atoms with Crippen molar-refractivity contribution in [3.05, 3.63) is 11.9 Å². The number of nitrogens with zero attached hydrogens (tertiary/aromatic N) is 2. The summed E-state index contributed by atoms with van der Waals surface area (Å²) in [5.74, 6) is 7.50. The quantitative estimate of drug-likeness (QED) is 0.473. The molecular formula is C12H21N5O. The molecule has 1 aliphatic rings. The van der Waals surface area contributed by atoms with Crippen molar-refractivity contribution in [1.82, 2.24) is 9.97 Å². The van der Waals surface area contributed by atoms with Crippen molar-refractivity contribution in [1.29, 1.82) is 0 Å². The molecule has 1 saturated carbocycles. The Kier molecular flexibility index (Phi) is 3.41. The lowest BCUT2D eigenvalue weighted by molar-refractivity contribution is 0.0835. The lowest BCUT2D eigenvalue weighted by atomic mass is 9.89. The number of anilines is 2. The summed E-state index contributed by atoms with van der Waals surface area (Å²) in [5.41, 5.74) is 2.42. The van der Waals surface area contributed by atoms with E-state index in [1.807, 2.05) is 0 Å². The van der Waals surface area contributed by atoms with E-state index in [1.54, 1.807) is 6.07 Å². The van der Waals surface area contributed by atoms with Crippen LogP contribution >= 0.6 is 0 Å². The van der Waals surface area contributed by atoms with Crippen molar-refractivity contribution in [2.24, 2.45) is 5.84 Å². The van der Waals surface area contributed by atoms with E-state index in [4.69, 9.17) is 5.84 Å². The number of nitrogens with one attached hydrogen (secondary N) is 2. The smallest absolute Gasteiger partial charge is 0.145 e. The van der Waals surface area contributed by atoms with E-state index in [1.165, 1.54) is 0 Å². The molecule has 1 aromatic heterocycles. The van der Waals surface area contributed by atoms with Crippen LogP contribution in [0.15, 0.2) is 6.07 Å². The van der Waals surface area contributed by atoms with E-state index in [9.17, 15) is 5.11 Å².